The van der Waals surface area contributed by atoms with Gasteiger partial charge >= 0.3 is 0 Å². The second-order valence-electron chi connectivity index (χ2n) is 9.05. The number of rotatable bonds is 7. The van der Waals surface area contributed by atoms with E-state index < -0.39 is 0 Å². The van der Waals surface area contributed by atoms with Crippen LogP contribution in [0.2, 0.25) is 0 Å². The zero-order valence-corrected chi connectivity index (χ0v) is 20.2. The van der Waals surface area contributed by atoms with E-state index in [1.807, 2.05) is 74.1 Å². The summed E-state index contributed by atoms with van der Waals surface area (Å²) in [5.74, 6) is 1.34. The maximum Gasteiger partial charge on any atom is 0.251 e. The van der Waals surface area contributed by atoms with Crippen LogP contribution in [0, 0.1) is 13.8 Å². The minimum absolute atomic E-state index is 0.0754. The summed E-state index contributed by atoms with van der Waals surface area (Å²) in [7, 11) is 1.92. The Morgan fingerprint density at radius 1 is 1.11 bits per heavy atom. The van der Waals surface area contributed by atoms with Gasteiger partial charge in [0.1, 0.15) is 11.5 Å². The maximum atomic E-state index is 12.7. The van der Waals surface area contributed by atoms with Crippen LogP contribution < -0.4 is 10.1 Å². The molecule has 0 aliphatic carbocycles. The van der Waals surface area contributed by atoms with E-state index >= 15 is 0 Å². The van der Waals surface area contributed by atoms with Gasteiger partial charge in [0.2, 0.25) is 0 Å². The lowest BCUT2D eigenvalue weighted by Gasteiger charge is -2.39. The van der Waals surface area contributed by atoms with Crippen LogP contribution in [0.3, 0.4) is 0 Å². The second-order valence-corrected chi connectivity index (χ2v) is 9.05. The number of amides is 1. The number of nitrogens with zero attached hydrogens (tertiary/aromatic N) is 4. The zero-order chi connectivity index (χ0) is 24.5. The minimum atomic E-state index is -0.0754. The summed E-state index contributed by atoms with van der Waals surface area (Å²) in [6, 6.07) is 15.5. The van der Waals surface area contributed by atoms with Crippen molar-refractivity contribution in [2.24, 2.45) is 7.05 Å². The Bertz CT molecular complexity index is 1390. The number of hydrogen-bond acceptors (Lipinski definition) is 6. The fourth-order valence-electron chi connectivity index (χ4n) is 4.58. The molecule has 2 aromatic heterocycles. The molecule has 1 aliphatic heterocycles. The van der Waals surface area contributed by atoms with E-state index in [0.29, 0.717) is 17.9 Å². The highest BCUT2D eigenvalue weighted by molar-refractivity contribution is 5.96. The third-order valence-corrected chi connectivity index (χ3v) is 6.45. The molecule has 0 unspecified atom stereocenters. The number of pyridine rings is 1. The van der Waals surface area contributed by atoms with Gasteiger partial charge in [-0.3, -0.25) is 19.4 Å². The van der Waals surface area contributed by atoms with Crippen LogP contribution >= 0.6 is 0 Å². The largest absolute Gasteiger partial charge is 0.457 e. The molecule has 4 aromatic rings. The first kappa shape index (κ1) is 23.0. The summed E-state index contributed by atoms with van der Waals surface area (Å²) >= 11 is 0. The van der Waals surface area contributed by atoms with Gasteiger partial charge in [-0.1, -0.05) is 6.07 Å². The molecule has 8 nitrogen and oxygen atoms in total. The molecule has 180 valence electrons. The predicted octanol–water partition coefficient (Wildman–Crippen LogP) is 3.45. The van der Waals surface area contributed by atoms with Crippen LogP contribution in [0.5, 0.6) is 11.5 Å². The number of carbonyl (C=O) groups is 1. The molecular weight excluding hydrogens is 442 g/mol. The number of carbonyl (C=O) groups excluding carboxylic acids is 1. The fourth-order valence-corrected chi connectivity index (χ4v) is 4.58. The molecule has 0 radical (unpaired) electrons. The standard InChI is InChI=1S/C27H29N5O3/c1-17-12-19(4-6-23(17)27(34)29-20-15-32(16-20)10-11-33)25-13-22(8-9-28-25)35-21-5-7-24-18(2)30-31(3)26(24)14-21/h4-9,12-14,20,33H,10-11,15-16H2,1-3H3,(H,29,34). The highest BCUT2D eigenvalue weighted by atomic mass is 16.5. The lowest BCUT2D eigenvalue weighted by molar-refractivity contribution is 0.0757. The number of aromatic nitrogens is 3. The maximum absolute atomic E-state index is 12.7. The average Bonchev–Trinajstić information content (AvgIpc) is 3.10. The van der Waals surface area contributed by atoms with Crippen molar-refractivity contribution in [2.45, 2.75) is 19.9 Å². The predicted molar refractivity (Wildman–Crippen MR) is 135 cm³/mol. The topological polar surface area (TPSA) is 92.5 Å². The van der Waals surface area contributed by atoms with Crippen molar-refractivity contribution in [3.8, 4) is 22.8 Å². The average molecular weight is 472 g/mol. The summed E-state index contributed by atoms with van der Waals surface area (Å²) in [6.07, 6.45) is 1.72. The van der Waals surface area contributed by atoms with Gasteiger partial charge in [-0.25, -0.2) is 0 Å². The van der Waals surface area contributed by atoms with Crippen molar-refractivity contribution < 1.29 is 14.6 Å². The van der Waals surface area contributed by atoms with Crippen LogP contribution in [0.4, 0.5) is 0 Å². The second kappa shape index (κ2) is 9.48. The SMILES string of the molecule is Cc1cc(-c2cc(Oc3ccc4c(C)nn(C)c4c3)ccn2)ccc1C(=O)NC1CN(CCO)C1. The van der Waals surface area contributed by atoms with E-state index in [9.17, 15) is 4.79 Å². The Morgan fingerprint density at radius 2 is 1.91 bits per heavy atom. The molecule has 0 saturated carbocycles. The number of aliphatic hydroxyl groups is 1. The van der Waals surface area contributed by atoms with Gasteiger partial charge in [0.25, 0.3) is 5.91 Å². The van der Waals surface area contributed by atoms with Gasteiger partial charge in [-0.05, 0) is 49.7 Å². The number of fused-ring (bicyclic) bond motifs is 1. The van der Waals surface area contributed by atoms with Crippen molar-refractivity contribution in [1.29, 1.82) is 0 Å². The van der Waals surface area contributed by atoms with E-state index in [4.69, 9.17) is 9.84 Å². The highest BCUT2D eigenvalue weighted by Gasteiger charge is 2.27. The van der Waals surface area contributed by atoms with E-state index in [1.54, 1.807) is 6.20 Å². The molecule has 0 bridgehead atoms. The van der Waals surface area contributed by atoms with E-state index in [1.165, 1.54) is 0 Å². The van der Waals surface area contributed by atoms with Crippen molar-refractivity contribution in [3.05, 3.63) is 71.5 Å². The first-order valence-corrected chi connectivity index (χ1v) is 11.7. The van der Waals surface area contributed by atoms with E-state index in [0.717, 1.165) is 52.3 Å². The number of aryl methyl sites for hydroxylation is 3. The summed E-state index contributed by atoms with van der Waals surface area (Å²) in [5, 5.41) is 17.6. The number of ether oxygens (including phenoxy) is 1. The van der Waals surface area contributed by atoms with Crippen molar-refractivity contribution in [1.82, 2.24) is 25.0 Å². The highest BCUT2D eigenvalue weighted by Crippen LogP contribution is 2.29. The molecule has 35 heavy (non-hydrogen) atoms. The molecular formula is C27H29N5O3. The summed E-state index contributed by atoms with van der Waals surface area (Å²) < 4.78 is 7.98. The zero-order valence-electron chi connectivity index (χ0n) is 20.2. The number of benzene rings is 2. The summed E-state index contributed by atoms with van der Waals surface area (Å²) in [5.41, 5.74) is 5.23. The van der Waals surface area contributed by atoms with Gasteiger partial charge in [-0.15, -0.1) is 0 Å². The normalized spacial score (nSPS) is 14.2. The number of hydrogen-bond donors (Lipinski definition) is 2. The molecule has 5 rings (SSSR count). The number of aliphatic hydroxyl groups excluding tert-OH is 1. The Morgan fingerprint density at radius 3 is 2.69 bits per heavy atom. The summed E-state index contributed by atoms with van der Waals surface area (Å²) in [6.45, 7) is 6.26. The van der Waals surface area contributed by atoms with Crippen LogP contribution in [-0.2, 0) is 7.05 Å². The summed E-state index contributed by atoms with van der Waals surface area (Å²) in [4.78, 5) is 19.4. The quantitative estimate of drug-likeness (QED) is 0.429. The molecule has 0 atom stereocenters. The molecule has 8 heteroatoms. The van der Waals surface area contributed by atoms with Crippen molar-refractivity contribution in [2.75, 3.05) is 26.2 Å². The molecule has 1 amide bonds. The molecule has 1 saturated heterocycles. The number of β-amino-alcohol motifs (C(OH)–C–C–N with tert-alkyl or cyclic N) is 1. The van der Waals surface area contributed by atoms with Crippen LogP contribution in [0.15, 0.2) is 54.7 Å². The minimum Gasteiger partial charge on any atom is -0.457 e. The molecule has 1 fully saturated rings. The molecule has 0 spiro atoms. The van der Waals surface area contributed by atoms with Gasteiger partial charge in [0.15, 0.2) is 0 Å². The first-order chi connectivity index (χ1) is 16.9. The van der Waals surface area contributed by atoms with Gasteiger partial charge < -0.3 is 15.2 Å². The van der Waals surface area contributed by atoms with Crippen molar-refractivity contribution in [3.63, 3.8) is 0 Å². The Balaban J connectivity index is 1.30. The Labute approximate surface area is 204 Å². The van der Waals surface area contributed by atoms with Crippen LogP contribution in [0.25, 0.3) is 22.2 Å². The number of likely N-dealkylation sites (tertiary alicyclic amines) is 1. The lowest BCUT2D eigenvalue weighted by Crippen LogP contribution is -2.59. The Kier molecular flexibility index (Phi) is 6.23. The van der Waals surface area contributed by atoms with Crippen molar-refractivity contribution >= 4 is 16.8 Å². The van der Waals surface area contributed by atoms with Gasteiger partial charge in [-0.2, -0.15) is 5.10 Å². The third-order valence-electron chi connectivity index (χ3n) is 6.45. The van der Waals surface area contributed by atoms with E-state index in [2.05, 4.69) is 20.3 Å². The van der Waals surface area contributed by atoms with Crippen LogP contribution in [0.1, 0.15) is 21.6 Å². The molecule has 1 aliphatic rings. The third kappa shape index (κ3) is 4.76. The van der Waals surface area contributed by atoms with Gasteiger partial charge in [0, 0.05) is 61.5 Å². The first-order valence-electron chi connectivity index (χ1n) is 11.7. The Hall–Kier alpha value is -3.75. The molecule has 2 aromatic carbocycles. The van der Waals surface area contributed by atoms with Crippen LogP contribution in [-0.4, -0.2) is 63.0 Å². The molecule has 3 heterocycles. The smallest absolute Gasteiger partial charge is 0.251 e. The van der Waals surface area contributed by atoms with Gasteiger partial charge in [0.05, 0.1) is 29.6 Å². The fraction of sp³-hybridized carbons (Fsp3) is 0.296. The lowest BCUT2D eigenvalue weighted by atomic mass is 10.0. The number of nitrogens with one attached hydrogen (secondary N) is 1. The molecule has 2 N–H and O–H groups in total. The monoisotopic (exact) mass is 471 g/mol. The van der Waals surface area contributed by atoms with E-state index in [-0.39, 0.29) is 18.6 Å².